The predicted molar refractivity (Wildman–Crippen MR) is 121 cm³/mol. The van der Waals surface area contributed by atoms with Crippen LogP contribution in [0.4, 0.5) is 11.4 Å². The van der Waals surface area contributed by atoms with E-state index in [1.807, 2.05) is 0 Å². The number of carboxylic acids is 2. The molecule has 0 unspecified atom stereocenters. The minimum atomic E-state index is -1.11. The number of carbonyl (C=O) groups excluding carboxylic acids is 2. The number of ether oxygens (including phenoxy) is 2. The molecule has 0 bridgehead atoms. The van der Waals surface area contributed by atoms with Crippen molar-refractivity contribution in [3.05, 3.63) is 83.9 Å². The Morgan fingerprint density at radius 1 is 0.618 bits per heavy atom. The van der Waals surface area contributed by atoms with Crippen LogP contribution < -0.4 is 20.1 Å². The molecule has 4 N–H and O–H groups in total. The van der Waals surface area contributed by atoms with E-state index in [4.69, 9.17) is 19.7 Å². The Morgan fingerprint density at radius 3 is 1.35 bits per heavy atom. The average molecular weight is 464 g/mol. The van der Waals surface area contributed by atoms with Crippen molar-refractivity contribution in [3.63, 3.8) is 0 Å². The third-order valence-electron chi connectivity index (χ3n) is 4.32. The van der Waals surface area contributed by atoms with Crippen molar-refractivity contribution in [2.45, 2.75) is 0 Å². The Labute approximate surface area is 193 Å². The van der Waals surface area contributed by atoms with Gasteiger partial charge in [0.2, 0.25) is 0 Å². The van der Waals surface area contributed by atoms with Crippen molar-refractivity contribution in [2.75, 3.05) is 23.8 Å². The lowest BCUT2D eigenvalue weighted by atomic mass is 10.1. The first-order chi connectivity index (χ1) is 16.3. The van der Waals surface area contributed by atoms with Crippen molar-refractivity contribution in [1.82, 2.24) is 0 Å². The Balaban J connectivity index is 1.60. The van der Waals surface area contributed by atoms with E-state index < -0.39 is 37.0 Å². The first-order valence-electron chi connectivity index (χ1n) is 9.92. The minimum absolute atomic E-state index is 0.296. The van der Waals surface area contributed by atoms with Crippen LogP contribution in [0.3, 0.4) is 0 Å². The third kappa shape index (κ3) is 7.09. The maximum absolute atomic E-state index is 12.5. The van der Waals surface area contributed by atoms with E-state index in [1.54, 1.807) is 36.4 Å². The molecule has 0 aromatic heterocycles. The van der Waals surface area contributed by atoms with Crippen molar-refractivity contribution in [1.29, 1.82) is 0 Å². The average Bonchev–Trinajstić information content (AvgIpc) is 2.82. The smallest absolute Gasteiger partial charge is 0.341 e. The second-order valence-corrected chi connectivity index (χ2v) is 6.91. The number of nitrogens with one attached hydrogen (secondary N) is 2. The molecule has 3 aromatic carbocycles. The molecule has 10 nitrogen and oxygen atoms in total. The normalized spacial score (nSPS) is 10.1. The summed E-state index contributed by atoms with van der Waals surface area (Å²) in [6, 6.07) is 18.6. The molecule has 2 amide bonds. The Kier molecular flexibility index (Phi) is 7.79. The number of hydrogen-bond acceptors (Lipinski definition) is 6. The van der Waals surface area contributed by atoms with Crippen LogP contribution in [0.25, 0.3) is 0 Å². The number of carboxylic acid groups (broad SMARTS) is 2. The van der Waals surface area contributed by atoms with E-state index in [0.29, 0.717) is 34.0 Å². The fraction of sp³-hybridized carbons (Fsp3) is 0.0833. The van der Waals surface area contributed by atoms with Crippen LogP contribution in [-0.2, 0) is 9.59 Å². The van der Waals surface area contributed by atoms with Gasteiger partial charge in [-0.3, -0.25) is 9.59 Å². The fourth-order valence-corrected chi connectivity index (χ4v) is 2.80. The largest absolute Gasteiger partial charge is 0.482 e. The molecule has 3 aromatic rings. The summed E-state index contributed by atoms with van der Waals surface area (Å²) in [5, 5.41) is 22.7. The number of carbonyl (C=O) groups is 4. The number of benzene rings is 3. The van der Waals surface area contributed by atoms with Gasteiger partial charge >= 0.3 is 11.9 Å². The van der Waals surface area contributed by atoms with Gasteiger partial charge in [-0.2, -0.15) is 0 Å². The van der Waals surface area contributed by atoms with Gasteiger partial charge in [0.25, 0.3) is 11.8 Å². The molecule has 0 fully saturated rings. The van der Waals surface area contributed by atoms with Gasteiger partial charge in [0.15, 0.2) is 13.2 Å². The molecular weight excluding hydrogens is 444 g/mol. The Hall–Kier alpha value is -4.86. The fourth-order valence-electron chi connectivity index (χ4n) is 2.80. The van der Waals surface area contributed by atoms with E-state index in [2.05, 4.69) is 10.6 Å². The summed E-state index contributed by atoms with van der Waals surface area (Å²) in [7, 11) is 0. The van der Waals surface area contributed by atoms with Crippen molar-refractivity contribution < 1.29 is 38.9 Å². The van der Waals surface area contributed by atoms with Crippen LogP contribution in [-0.4, -0.2) is 47.2 Å². The van der Waals surface area contributed by atoms with Crippen LogP contribution in [0.15, 0.2) is 72.8 Å². The van der Waals surface area contributed by atoms with E-state index in [-0.39, 0.29) is 0 Å². The lowest BCUT2D eigenvalue weighted by molar-refractivity contribution is -0.140. The summed E-state index contributed by atoms with van der Waals surface area (Å²) in [4.78, 5) is 46.2. The predicted octanol–water partition coefficient (Wildman–Crippen LogP) is 3.12. The Morgan fingerprint density at radius 2 is 1.00 bits per heavy atom. The zero-order valence-corrected chi connectivity index (χ0v) is 17.7. The third-order valence-corrected chi connectivity index (χ3v) is 4.32. The maximum Gasteiger partial charge on any atom is 0.341 e. The second-order valence-electron chi connectivity index (χ2n) is 6.91. The summed E-state index contributed by atoms with van der Waals surface area (Å²) < 4.78 is 10.2. The quantitative estimate of drug-likeness (QED) is 0.357. The molecule has 3 rings (SSSR count). The molecule has 0 aliphatic rings. The molecule has 0 radical (unpaired) electrons. The van der Waals surface area contributed by atoms with E-state index in [0.717, 1.165) is 0 Å². The highest BCUT2D eigenvalue weighted by Crippen LogP contribution is 2.20. The number of rotatable bonds is 10. The molecule has 0 heterocycles. The SMILES string of the molecule is O=C(O)COc1cccc(NC(=O)c2ccc(C(=O)Nc3cccc(OCC(=O)O)c3)cc2)c1. The molecule has 0 aliphatic carbocycles. The van der Waals surface area contributed by atoms with Crippen LogP contribution in [0, 0.1) is 0 Å². The van der Waals surface area contributed by atoms with Crippen LogP contribution >= 0.6 is 0 Å². The number of hydrogen-bond donors (Lipinski definition) is 4. The molecular formula is C24H20N2O8. The van der Waals surface area contributed by atoms with E-state index in [9.17, 15) is 19.2 Å². The molecule has 0 saturated heterocycles. The summed E-state index contributed by atoms with van der Waals surface area (Å²) in [5.41, 5.74) is 1.44. The first-order valence-corrected chi connectivity index (χ1v) is 9.92. The number of amides is 2. The van der Waals surface area contributed by atoms with E-state index >= 15 is 0 Å². The molecule has 0 atom stereocenters. The van der Waals surface area contributed by atoms with Crippen molar-refractivity contribution in [2.24, 2.45) is 0 Å². The Bertz CT molecular complexity index is 1110. The summed E-state index contributed by atoms with van der Waals surface area (Å²) in [6.07, 6.45) is 0. The highest BCUT2D eigenvalue weighted by molar-refractivity contribution is 6.07. The van der Waals surface area contributed by atoms with Crippen molar-refractivity contribution >= 4 is 35.1 Å². The minimum Gasteiger partial charge on any atom is -0.482 e. The molecule has 174 valence electrons. The summed E-state index contributed by atoms with van der Waals surface area (Å²) in [5.74, 6) is -2.49. The standard InChI is InChI=1S/C24H20N2O8/c27-21(28)13-33-19-5-1-3-17(11-19)25-23(31)15-7-9-16(10-8-15)24(32)26-18-4-2-6-20(12-18)34-14-22(29)30/h1-12H,13-14H2,(H,25,31)(H,26,32)(H,27,28)(H,29,30). The van der Waals surface area contributed by atoms with Gasteiger partial charge in [-0.1, -0.05) is 12.1 Å². The summed E-state index contributed by atoms with van der Waals surface area (Å²) in [6.45, 7) is -0.999. The number of aliphatic carboxylic acids is 2. The van der Waals surface area contributed by atoms with Crippen LogP contribution in [0.5, 0.6) is 11.5 Å². The lowest BCUT2D eigenvalue weighted by Gasteiger charge is -2.10. The van der Waals surface area contributed by atoms with Gasteiger partial charge in [-0.25, -0.2) is 9.59 Å². The van der Waals surface area contributed by atoms with Gasteiger partial charge in [0.05, 0.1) is 0 Å². The zero-order valence-electron chi connectivity index (χ0n) is 17.7. The van der Waals surface area contributed by atoms with Gasteiger partial charge in [0, 0.05) is 34.6 Å². The molecule has 0 spiro atoms. The van der Waals surface area contributed by atoms with Crippen molar-refractivity contribution in [3.8, 4) is 11.5 Å². The van der Waals surface area contributed by atoms with Gasteiger partial charge in [-0.05, 0) is 48.5 Å². The first kappa shape index (κ1) is 23.8. The highest BCUT2D eigenvalue weighted by atomic mass is 16.5. The van der Waals surface area contributed by atoms with E-state index in [1.165, 1.54) is 36.4 Å². The number of anilines is 2. The lowest BCUT2D eigenvalue weighted by Crippen LogP contribution is -2.15. The van der Waals surface area contributed by atoms with Crippen LogP contribution in [0.2, 0.25) is 0 Å². The van der Waals surface area contributed by atoms with Gasteiger partial charge < -0.3 is 30.3 Å². The molecule has 0 aliphatic heterocycles. The maximum atomic E-state index is 12.5. The second kappa shape index (κ2) is 11.1. The molecule has 34 heavy (non-hydrogen) atoms. The van der Waals surface area contributed by atoms with Gasteiger partial charge in [-0.15, -0.1) is 0 Å². The molecule has 0 saturated carbocycles. The van der Waals surface area contributed by atoms with Gasteiger partial charge in [0.1, 0.15) is 11.5 Å². The molecule has 10 heteroatoms. The topological polar surface area (TPSA) is 151 Å². The highest BCUT2D eigenvalue weighted by Gasteiger charge is 2.11. The monoisotopic (exact) mass is 464 g/mol. The zero-order chi connectivity index (χ0) is 24.5. The summed E-state index contributed by atoms with van der Waals surface area (Å²) >= 11 is 0. The van der Waals surface area contributed by atoms with Crippen LogP contribution in [0.1, 0.15) is 20.7 Å².